The van der Waals surface area contributed by atoms with E-state index in [1.165, 1.54) is 17.2 Å². The molecule has 5 rings (SSSR count). The highest BCUT2D eigenvalue weighted by Gasteiger charge is 2.64. The molecule has 206 valence electrons. The number of hydroxylamine groups is 1. The Kier molecular flexibility index (Phi) is 6.36. The predicted molar refractivity (Wildman–Crippen MR) is 135 cm³/mol. The zero-order valence-corrected chi connectivity index (χ0v) is 21.4. The van der Waals surface area contributed by atoms with Crippen molar-refractivity contribution in [3.63, 3.8) is 0 Å². The van der Waals surface area contributed by atoms with E-state index in [0.29, 0.717) is 29.7 Å². The Morgan fingerprint density at radius 3 is 2.54 bits per heavy atom. The molecular formula is C27H29N3O9. The van der Waals surface area contributed by atoms with Crippen LogP contribution in [-0.2, 0) is 36.9 Å². The third kappa shape index (κ3) is 3.86. The van der Waals surface area contributed by atoms with Crippen molar-refractivity contribution >= 4 is 29.0 Å². The van der Waals surface area contributed by atoms with Crippen molar-refractivity contribution in [3.05, 3.63) is 57.6 Å². The number of likely N-dealkylation sites (N-methyl/N-ethyl adjacent to an activating group) is 1. The Hall–Kier alpha value is -4.00. The molecule has 0 aromatic heterocycles. The van der Waals surface area contributed by atoms with Crippen LogP contribution in [-0.4, -0.2) is 80.9 Å². The second-order valence-corrected chi connectivity index (χ2v) is 10.6. The fraction of sp³-hybridized carbons (Fsp3) is 0.407. The predicted octanol–water partition coefficient (Wildman–Crippen LogP) is -0.116. The SMILES string of the molecule is CN(C)[C@@H]1C(=O)C(C(N)=O)=C(O)[C@@]2(O)C(=O)C3=C(O)c4c(O)ccc(CCC(=O)C5=CONC5)c4C[C@H]3C[C@@H]12. The first-order valence-electron chi connectivity index (χ1n) is 12.5. The number of amides is 1. The van der Waals surface area contributed by atoms with E-state index in [4.69, 9.17) is 10.6 Å². The Morgan fingerprint density at radius 1 is 1.21 bits per heavy atom. The average molecular weight is 540 g/mol. The van der Waals surface area contributed by atoms with Gasteiger partial charge in [0.2, 0.25) is 5.78 Å². The summed E-state index contributed by atoms with van der Waals surface area (Å²) in [7, 11) is 3.09. The number of phenolic OH excluding ortho intramolecular Hbond substituents is 1. The second-order valence-electron chi connectivity index (χ2n) is 10.6. The van der Waals surface area contributed by atoms with Gasteiger partial charge in [-0.2, -0.15) is 5.48 Å². The number of nitrogens with one attached hydrogen (secondary N) is 1. The highest BCUT2D eigenvalue weighted by atomic mass is 16.6. The van der Waals surface area contributed by atoms with Crippen LogP contribution in [0.25, 0.3) is 5.76 Å². The Balaban J connectivity index is 1.59. The summed E-state index contributed by atoms with van der Waals surface area (Å²) >= 11 is 0. The second kappa shape index (κ2) is 9.33. The molecule has 0 spiro atoms. The molecule has 0 unspecified atom stereocenters. The van der Waals surface area contributed by atoms with Gasteiger partial charge in [0.1, 0.15) is 29.1 Å². The van der Waals surface area contributed by atoms with Crippen LogP contribution in [0.15, 0.2) is 40.9 Å². The Morgan fingerprint density at radius 2 is 1.92 bits per heavy atom. The molecule has 1 heterocycles. The molecule has 0 bridgehead atoms. The van der Waals surface area contributed by atoms with Gasteiger partial charge in [-0.15, -0.1) is 0 Å². The summed E-state index contributed by atoms with van der Waals surface area (Å²) in [6.45, 7) is 0.290. The van der Waals surface area contributed by atoms with Crippen LogP contribution in [0.5, 0.6) is 5.75 Å². The van der Waals surface area contributed by atoms with Crippen LogP contribution in [0, 0.1) is 11.8 Å². The summed E-state index contributed by atoms with van der Waals surface area (Å²) in [5.41, 5.74) is 5.89. The van der Waals surface area contributed by atoms with E-state index in [9.17, 15) is 39.6 Å². The zero-order valence-electron chi connectivity index (χ0n) is 21.4. The number of hydrogen-bond donors (Lipinski definition) is 6. The monoisotopic (exact) mass is 539 g/mol. The van der Waals surface area contributed by atoms with E-state index in [-0.39, 0.29) is 41.9 Å². The van der Waals surface area contributed by atoms with Crippen molar-refractivity contribution in [2.24, 2.45) is 17.6 Å². The maximum absolute atomic E-state index is 13.9. The summed E-state index contributed by atoms with van der Waals surface area (Å²) in [6.07, 6.45) is 1.95. The minimum Gasteiger partial charge on any atom is -0.508 e. The van der Waals surface area contributed by atoms with Crippen LogP contribution < -0.4 is 11.2 Å². The molecule has 12 nitrogen and oxygen atoms in total. The lowest BCUT2D eigenvalue weighted by atomic mass is 9.57. The highest BCUT2D eigenvalue weighted by molar-refractivity contribution is 6.24. The number of primary amides is 1. The highest BCUT2D eigenvalue weighted by Crippen LogP contribution is 2.53. The number of aliphatic hydroxyl groups is 3. The number of nitrogens with zero attached hydrogens (tertiary/aromatic N) is 1. The summed E-state index contributed by atoms with van der Waals surface area (Å²) in [4.78, 5) is 58.0. The number of aryl methyl sites for hydroxylation is 1. The maximum atomic E-state index is 13.9. The fourth-order valence-electron chi connectivity index (χ4n) is 6.39. The van der Waals surface area contributed by atoms with Crippen LogP contribution in [0.3, 0.4) is 0 Å². The molecule has 0 saturated heterocycles. The number of benzene rings is 1. The van der Waals surface area contributed by atoms with Crippen LogP contribution in [0.2, 0.25) is 0 Å². The lowest BCUT2D eigenvalue weighted by molar-refractivity contribution is -0.153. The summed E-state index contributed by atoms with van der Waals surface area (Å²) in [5.74, 6) is -7.11. The molecule has 39 heavy (non-hydrogen) atoms. The number of phenols is 1. The lowest BCUT2D eigenvalue weighted by Gasteiger charge is -2.50. The zero-order chi connectivity index (χ0) is 28.4. The molecule has 1 amide bonds. The van der Waals surface area contributed by atoms with Crippen molar-refractivity contribution in [3.8, 4) is 5.75 Å². The van der Waals surface area contributed by atoms with E-state index < -0.39 is 58.0 Å². The van der Waals surface area contributed by atoms with Gasteiger partial charge in [0, 0.05) is 23.5 Å². The van der Waals surface area contributed by atoms with E-state index in [2.05, 4.69) is 5.48 Å². The molecule has 1 fully saturated rings. The maximum Gasteiger partial charge on any atom is 0.255 e. The molecule has 4 atom stereocenters. The number of carbonyl (C=O) groups excluding carboxylic acids is 4. The molecular weight excluding hydrogens is 510 g/mol. The minimum absolute atomic E-state index is 0.00122. The van der Waals surface area contributed by atoms with Gasteiger partial charge in [-0.25, -0.2) is 0 Å². The smallest absolute Gasteiger partial charge is 0.255 e. The van der Waals surface area contributed by atoms with Crippen molar-refractivity contribution < 1.29 is 44.4 Å². The molecule has 1 aromatic carbocycles. The standard InChI is InChI=1S/C27H29N3O9/c1-30(2)21-15-8-12-7-14-11(3-5-16(31)13-9-29-39-10-13)4-6-17(32)19(14)22(33)18(12)24(35)27(15,38)25(36)20(23(21)34)26(28)37/h4,6,10,12,15,21,29,32-33,36,38H,3,5,7-9H2,1-2H3,(H2,28,37)/t12-,15-,21-,27-/m0/s1. The summed E-state index contributed by atoms with van der Waals surface area (Å²) in [6, 6.07) is 1.85. The Bertz CT molecular complexity index is 1420. The molecule has 12 heteroatoms. The minimum atomic E-state index is -2.69. The van der Waals surface area contributed by atoms with Crippen molar-refractivity contribution in [1.82, 2.24) is 10.4 Å². The number of fused-ring (bicyclic) bond motifs is 3. The third-order valence-corrected chi connectivity index (χ3v) is 8.23. The van der Waals surface area contributed by atoms with Gasteiger partial charge in [-0.3, -0.25) is 24.1 Å². The molecule has 4 aliphatic rings. The number of ketones is 3. The topological polar surface area (TPSA) is 200 Å². The fourth-order valence-corrected chi connectivity index (χ4v) is 6.39. The lowest BCUT2D eigenvalue weighted by Crippen LogP contribution is -2.65. The first-order chi connectivity index (χ1) is 18.4. The van der Waals surface area contributed by atoms with Crippen molar-refractivity contribution in [2.45, 2.75) is 37.3 Å². The quantitative estimate of drug-likeness (QED) is 0.263. The average Bonchev–Trinajstić information content (AvgIpc) is 3.40. The third-order valence-electron chi connectivity index (χ3n) is 8.23. The van der Waals surface area contributed by atoms with E-state index >= 15 is 0 Å². The van der Waals surface area contributed by atoms with E-state index in [1.807, 2.05) is 0 Å². The van der Waals surface area contributed by atoms with Gasteiger partial charge < -0.3 is 31.0 Å². The van der Waals surface area contributed by atoms with Crippen molar-refractivity contribution in [1.29, 1.82) is 0 Å². The molecule has 1 aliphatic heterocycles. The Labute approximate surface area is 223 Å². The van der Waals surface area contributed by atoms with Gasteiger partial charge in [-0.1, -0.05) is 6.07 Å². The van der Waals surface area contributed by atoms with E-state index in [0.717, 1.165) is 0 Å². The number of nitrogens with two attached hydrogens (primary N) is 1. The van der Waals surface area contributed by atoms with Crippen molar-refractivity contribution in [2.75, 3.05) is 20.6 Å². The molecule has 1 saturated carbocycles. The first kappa shape index (κ1) is 26.6. The van der Waals surface area contributed by atoms with Gasteiger partial charge in [0.25, 0.3) is 5.91 Å². The van der Waals surface area contributed by atoms with Gasteiger partial charge in [0.15, 0.2) is 17.2 Å². The van der Waals surface area contributed by atoms with E-state index in [1.54, 1.807) is 20.2 Å². The van der Waals surface area contributed by atoms with Crippen LogP contribution in [0.1, 0.15) is 29.5 Å². The number of carbonyl (C=O) groups is 4. The number of Topliss-reactive ketones (excluding diaryl/α,β-unsaturated/α-hetero) is 3. The summed E-state index contributed by atoms with van der Waals surface area (Å²) in [5, 5.41) is 44.5. The normalized spacial score (nSPS) is 28.1. The summed E-state index contributed by atoms with van der Waals surface area (Å²) < 4.78 is 0. The number of hydrogen-bond acceptors (Lipinski definition) is 11. The number of aromatic hydroxyl groups is 1. The van der Waals surface area contributed by atoms with Crippen LogP contribution >= 0.6 is 0 Å². The largest absolute Gasteiger partial charge is 0.508 e. The van der Waals surface area contributed by atoms with Crippen LogP contribution in [0.4, 0.5) is 0 Å². The van der Waals surface area contributed by atoms with Gasteiger partial charge in [0.05, 0.1) is 18.2 Å². The molecule has 7 N–H and O–H groups in total. The number of rotatable bonds is 6. The molecule has 3 aliphatic carbocycles. The van der Waals surface area contributed by atoms with Gasteiger partial charge >= 0.3 is 0 Å². The first-order valence-corrected chi connectivity index (χ1v) is 12.5. The molecule has 1 aromatic rings. The number of aliphatic hydroxyl groups excluding tert-OH is 2. The molecule has 0 radical (unpaired) electrons. The van der Waals surface area contributed by atoms with Gasteiger partial charge in [-0.05, 0) is 56.5 Å².